The molecule has 0 bridgehead atoms. The fourth-order valence-corrected chi connectivity index (χ4v) is 1.97. The molecular weight excluding hydrogens is 278 g/mol. The molecular formula is C15H14ClNOS. The van der Waals surface area contributed by atoms with Crippen LogP contribution in [0, 0.1) is 13.8 Å². The summed E-state index contributed by atoms with van der Waals surface area (Å²) in [4.78, 5) is 0.386. The van der Waals surface area contributed by atoms with Gasteiger partial charge in [-0.25, -0.2) is 0 Å². The minimum Gasteiger partial charge on any atom is -0.457 e. The van der Waals surface area contributed by atoms with Crippen LogP contribution in [0.3, 0.4) is 0 Å². The highest BCUT2D eigenvalue weighted by Gasteiger charge is 2.05. The molecule has 19 heavy (non-hydrogen) atoms. The highest BCUT2D eigenvalue weighted by atomic mass is 35.5. The highest BCUT2D eigenvalue weighted by molar-refractivity contribution is 7.80. The van der Waals surface area contributed by atoms with Crippen LogP contribution in [0.15, 0.2) is 36.4 Å². The molecule has 0 aliphatic heterocycles. The molecule has 0 atom stereocenters. The number of hydrogen-bond donors (Lipinski definition) is 1. The lowest BCUT2D eigenvalue weighted by Crippen LogP contribution is -2.09. The maximum atomic E-state index is 5.99. The molecule has 2 N–H and O–H groups in total. The van der Waals surface area contributed by atoms with Gasteiger partial charge in [-0.3, -0.25) is 0 Å². The third kappa shape index (κ3) is 3.25. The van der Waals surface area contributed by atoms with E-state index in [0.29, 0.717) is 4.99 Å². The lowest BCUT2D eigenvalue weighted by Gasteiger charge is -2.11. The second-order valence-electron chi connectivity index (χ2n) is 4.36. The monoisotopic (exact) mass is 291 g/mol. The molecule has 0 spiro atoms. The van der Waals surface area contributed by atoms with E-state index in [1.165, 1.54) is 0 Å². The molecule has 0 amide bonds. The minimum atomic E-state index is 0.386. The molecule has 0 radical (unpaired) electrons. The number of nitrogens with two attached hydrogens (primary N) is 1. The summed E-state index contributed by atoms with van der Waals surface area (Å²) in [5.41, 5.74) is 8.40. The zero-order valence-corrected chi connectivity index (χ0v) is 12.3. The van der Waals surface area contributed by atoms with Gasteiger partial charge in [0.15, 0.2) is 0 Å². The van der Waals surface area contributed by atoms with Crippen molar-refractivity contribution in [1.82, 2.24) is 0 Å². The lowest BCUT2D eigenvalue weighted by molar-refractivity contribution is 0.478. The van der Waals surface area contributed by atoms with Crippen LogP contribution < -0.4 is 10.5 Å². The summed E-state index contributed by atoms with van der Waals surface area (Å²) in [5.74, 6) is 1.54. The van der Waals surface area contributed by atoms with Crippen LogP contribution in [0.4, 0.5) is 0 Å². The molecule has 2 aromatic rings. The van der Waals surface area contributed by atoms with Crippen molar-refractivity contribution in [2.75, 3.05) is 0 Å². The van der Waals surface area contributed by atoms with Crippen LogP contribution in [0.5, 0.6) is 11.5 Å². The molecule has 0 aromatic heterocycles. The van der Waals surface area contributed by atoms with Gasteiger partial charge in [0.1, 0.15) is 16.5 Å². The summed E-state index contributed by atoms with van der Waals surface area (Å²) in [6.07, 6.45) is 0. The molecule has 2 aromatic carbocycles. The van der Waals surface area contributed by atoms with Crippen molar-refractivity contribution >= 4 is 28.8 Å². The zero-order valence-electron chi connectivity index (χ0n) is 10.7. The van der Waals surface area contributed by atoms with Crippen LogP contribution in [0.2, 0.25) is 5.02 Å². The summed E-state index contributed by atoms with van der Waals surface area (Å²) < 4.78 is 5.84. The van der Waals surface area contributed by atoms with E-state index >= 15 is 0 Å². The summed E-state index contributed by atoms with van der Waals surface area (Å²) in [5, 5.41) is 0.730. The fraction of sp³-hybridized carbons (Fsp3) is 0.133. The molecule has 0 aliphatic carbocycles. The van der Waals surface area contributed by atoms with E-state index in [4.69, 9.17) is 34.3 Å². The van der Waals surface area contributed by atoms with Gasteiger partial charge in [0, 0.05) is 10.6 Å². The predicted octanol–water partition coefficient (Wildman–Crippen LogP) is 4.38. The predicted molar refractivity (Wildman–Crippen MR) is 83.3 cm³/mol. The molecule has 0 unspecified atom stereocenters. The number of ether oxygens (including phenoxy) is 1. The van der Waals surface area contributed by atoms with Gasteiger partial charge >= 0.3 is 0 Å². The average Bonchev–Trinajstić information content (AvgIpc) is 2.36. The second-order valence-corrected chi connectivity index (χ2v) is 5.20. The average molecular weight is 292 g/mol. The largest absolute Gasteiger partial charge is 0.457 e. The molecule has 98 valence electrons. The number of hydrogen-bond acceptors (Lipinski definition) is 2. The summed E-state index contributed by atoms with van der Waals surface area (Å²) in [6, 6.07) is 11.2. The van der Waals surface area contributed by atoms with E-state index in [0.717, 1.165) is 33.2 Å². The van der Waals surface area contributed by atoms with Crippen LogP contribution in [-0.4, -0.2) is 4.99 Å². The van der Waals surface area contributed by atoms with Crippen molar-refractivity contribution < 1.29 is 4.74 Å². The van der Waals surface area contributed by atoms with Gasteiger partial charge in [0.2, 0.25) is 0 Å². The summed E-state index contributed by atoms with van der Waals surface area (Å²) in [6.45, 7) is 3.90. The Labute approximate surface area is 123 Å². The number of halogens is 1. The standard InChI is InChI=1S/C15H14ClNOS/c1-9-8-12(4-5-13(9)16)18-14-6-3-11(15(17)19)7-10(14)2/h3-8H,1-2H3,(H2,17,19). The van der Waals surface area contributed by atoms with E-state index < -0.39 is 0 Å². The van der Waals surface area contributed by atoms with Gasteiger partial charge in [-0.1, -0.05) is 23.8 Å². The number of benzene rings is 2. The Kier molecular flexibility index (Phi) is 4.08. The van der Waals surface area contributed by atoms with Crippen molar-refractivity contribution in [2.45, 2.75) is 13.8 Å². The first-order valence-electron chi connectivity index (χ1n) is 5.82. The molecule has 4 heteroatoms. The van der Waals surface area contributed by atoms with E-state index in [9.17, 15) is 0 Å². The molecule has 0 saturated heterocycles. The number of aryl methyl sites for hydroxylation is 2. The normalized spacial score (nSPS) is 10.3. The Morgan fingerprint density at radius 3 is 2.42 bits per heavy atom. The Hall–Kier alpha value is -1.58. The maximum absolute atomic E-state index is 5.99. The molecule has 0 saturated carbocycles. The third-order valence-electron chi connectivity index (χ3n) is 2.82. The minimum absolute atomic E-state index is 0.386. The Morgan fingerprint density at radius 2 is 1.84 bits per heavy atom. The van der Waals surface area contributed by atoms with E-state index in [2.05, 4.69) is 0 Å². The lowest BCUT2D eigenvalue weighted by atomic mass is 10.1. The van der Waals surface area contributed by atoms with Gasteiger partial charge in [-0.15, -0.1) is 0 Å². The third-order valence-corrected chi connectivity index (χ3v) is 3.48. The first-order chi connectivity index (χ1) is 8.97. The zero-order chi connectivity index (χ0) is 14.0. The fourth-order valence-electron chi connectivity index (χ4n) is 1.72. The maximum Gasteiger partial charge on any atom is 0.130 e. The van der Waals surface area contributed by atoms with Crippen LogP contribution in [0.1, 0.15) is 16.7 Å². The molecule has 0 heterocycles. The smallest absolute Gasteiger partial charge is 0.130 e. The Balaban J connectivity index is 2.28. The molecule has 0 aliphatic rings. The Bertz CT molecular complexity index is 640. The van der Waals surface area contributed by atoms with Crippen LogP contribution in [0.25, 0.3) is 0 Å². The Morgan fingerprint density at radius 1 is 1.11 bits per heavy atom. The van der Waals surface area contributed by atoms with Crippen LogP contribution in [-0.2, 0) is 0 Å². The van der Waals surface area contributed by atoms with Gasteiger partial charge in [-0.2, -0.15) is 0 Å². The molecule has 2 rings (SSSR count). The van der Waals surface area contributed by atoms with E-state index in [1.54, 1.807) is 0 Å². The van der Waals surface area contributed by atoms with Crippen molar-refractivity contribution in [3.05, 3.63) is 58.1 Å². The summed E-state index contributed by atoms with van der Waals surface area (Å²) in [7, 11) is 0. The van der Waals surface area contributed by atoms with Gasteiger partial charge in [0.25, 0.3) is 0 Å². The SMILES string of the molecule is Cc1cc(Oc2ccc(C(N)=S)cc2C)ccc1Cl. The van der Waals surface area contributed by atoms with Gasteiger partial charge in [0.05, 0.1) is 0 Å². The number of thiocarbonyl (C=S) groups is 1. The van der Waals surface area contributed by atoms with Crippen LogP contribution >= 0.6 is 23.8 Å². The van der Waals surface area contributed by atoms with Crippen molar-refractivity contribution in [1.29, 1.82) is 0 Å². The molecule has 2 nitrogen and oxygen atoms in total. The van der Waals surface area contributed by atoms with Crippen molar-refractivity contribution in [3.8, 4) is 11.5 Å². The second kappa shape index (κ2) is 5.59. The van der Waals surface area contributed by atoms with Crippen molar-refractivity contribution in [2.24, 2.45) is 5.73 Å². The quantitative estimate of drug-likeness (QED) is 0.852. The highest BCUT2D eigenvalue weighted by Crippen LogP contribution is 2.28. The first kappa shape index (κ1) is 13.8. The first-order valence-corrected chi connectivity index (χ1v) is 6.60. The number of rotatable bonds is 3. The van der Waals surface area contributed by atoms with Gasteiger partial charge < -0.3 is 10.5 Å². The van der Waals surface area contributed by atoms with Gasteiger partial charge in [-0.05, 0) is 61.4 Å². The summed E-state index contributed by atoms with van der Waals surface area (Å²) >= 11 is 10.9. The topological polar surface area (TPSA) is 35.2 Å². The van der Waals surface area contributed by atoms with Crippen molar-refractivity contribution in [3.63, 3.8) is 0 Å². The van der Waals surface area contributed by atoms with E-state index in [-0.39, 0.29) is 0 Å². The van der Waals surface area contributed by atoms with E-state index in [1.807, 2.05) is 50.2 Å². The molecule has 0 fully saturated rings.